The summed E-state index contributed by atoms with van der Waals surface area (Å²) in [6, 6.07) is 17.1. The second kappa shape index (κ2) is 12.3. The van der Waals surface area contributed by atoms with E-state index < -0.39 is 17.6 Å². The van der Waals surface area contributed by atoms with Crippen molar-refractivity contribution in [2.45, 2.75) is 30.3 Å². The van der Waals surface area contributed by atoms with Gasteiger partial charge in [0.05, 0.1) is 33.8 Å². The number of benzene rings is 3. The zero-order valence-corrected chi connectivity index (χ0v) is 21.9. The summed E-state index contributed by atoms with van der Waals surface area (Å²) in [5.74, 6) is -0.224. The number of unbranched alkanes of at least 4 members (excludes halogenated alkanes) is 1. The summed E-state index contributed by atoms with van der Waals surface area (Å²) in [5.41, 5.74) is 0.587. The predicted octanol–water partition coefficient (Wildman–Crippen LogP) is 7.48. The van der Waals surface area contributed by atoms with Crippen LogP contribution in [0.15, 0.2) is 71.1 Å². The Hall–Kier alpha value is -3.57. The van der Waals surface area contributed by atoms with Crippen LogP contribution in [0.5, 0.6) is 5.75 Å². The van der Waals surface area contributed by atoms with Crippen molar-refractivity contribution < 1.29 is 27.5 Å². The van der Waals surface area contributed by atoms with Gasteiger partial charge < -0.3 is 15.4 Å². The molecule has 0 fully saturated rings. The van der Waals surface area contributed by atoms with Crippen molar-refractivity contribution in [2.75, 3.05) is 23.0 Å². The minimum absolute atomic E-state index is 0.103. The number of hydrogen-bond donors (Lipinski definition) is 2. The highest BCUT2D eigenvalue weighted by Crippen LogP contribution is 2.35. The maximum absolute atomic E-state index is 13.1. The number of anilines is 2. The Bertz CT molecular complexity index is 1420. The van der Waals surface area contributed by atoms with Gasteiger partial charge in [-0.25, -0.2) is 4.98 Å². The van der Waals surface area contributed by atoms with E-state index in [0.717, 1.165) is 35.4 Å². The van der Waals surface area contributed by atoms with Crippen LogP contribution in [0.2, 0.25) is 0 Å². The fourth-order valence-corrected chi connectivity index (χ4v) is 5.34. The van der Waals surface area contributed by atoms with Crippen molar-refractivity contribution in [1.82, 2.24) is 4.98 Å². The Morgan fingerprint density at radius 3 is 2.53 bits per heavy atom. The van der Waals surface area contributed by atoms with Gasteiger partial charge in [-0.05, 0) is 61.0 Å². The summed E-state index contributed by atoms with van der Waals surface area (Å²) >= 11 is 2.45. The molecule has 0 saturated carbocycles. The lowest BCUT2D eigenvalue weighted by atomic mass is 10.1. The van der Waals surface area contributed by atoms with E-state index in [9.17, 15) is 22.8 Å². The molecule has 0 aliphatic carbocycles. The first-order valence-corrected chi connectivity index (χ1v) is 13.6. The van der Waals surface area contributed by atoms with E-state index in [-0.39, 0.29) is 17.3 Å². The van der Waals surface area contributed by atoms with Crippen LogP contribution in [0.4, 0.5) is 24.5 Å². The average Bonchev–Trinajstić information content (AvgIpc) is 3.30. The number of carbonyl (C=O) groups is 2. The summed E-state index contributed by atoms with van der Waals surface area (Å²) in [5, 5.41) is 5.19. The zero-order chi connectivity index (χ0) is 27.1. The number of amides is 2. The smallest absolute Gasteiger partial charge is 0.418 e. The number of halogens is 3. The lowest BCUT2D eigenvalue weighted by Gasteiger charge is -2.13. The first-order chi connectivity index (χ1) is 18.2. The fourth-order valence-electron chi connectivity index (χ4n) is 3.44. The lowest BCUT2D eigenvalue weighted by Crippen LogP contribution is -2.18. The molecule has 0 spiro atoms. The van der Waals surface area contributed by atoms with Crippen molar-refractivity contribution in [3.05, 3.63) is 77.9 Å². The van der Waals surface area contributed by atoms with E-state index in [2.05, 4.69) is 22.5 Å². The van der Waals surface area contributed by atoms with Crippen molar-refractivity contribution >= 4 is 56.5 Å². The highest BCUT2D eigenvalue weighted by Gasteiger charge is 2.33. The Kier molecular flexibility index (Phi) is 8.90. The number of thiazole rings is 1. The van der Waals surface area contributed by atoms with E-state index in [1.807, 2.05) is 0 Å². The normalized spacial score (nSPS) is 11.4. The summed E-state index contributed by atoms with van der Waals surface area (Å²) in [6.45, 7) is 2.72. The summed E-state index contributed by atoms with van der Waals surface area (Å²) in [4.78, 5) is 29.4. The van der Waals surface area contributed by atoms with E-state index in [4.69, 9.17) is 4.74 Å². The Morgan fingerprint density at radius 2 is 1.79 bits per heavy atom. The SMILES string of the molecule is CCCCOc1ccc(C(=O)Nc2ccc3nc(SCC(=O)Nc4ccccc4C(F)(F)F)sc3c2)cc1. The third-order valence-corrected chi connectivity index (χ3v) is 7.50. The number of nitrogens with one attached hydrogen (secondary N) is 2. The molecule has 0 saturated heterocycles. The second-order valence-corrected chi connectivity index (χ2v) is 10.5. The van der Waals surface area contributed by atoms with Crippen LogP contribution in [0.25, 0.3) is 10.2 Å². The molecule has 4 aromatic rings. The monoisotopic (exact) mass is 559 g/mol. The summed E-state index contributed by atoms with van der Waals surface area (Å²) in [6.07, 6.45) is -2.56. The molecule has 2 amide bonds. The molecule has 0 aliphatic rings. The molecule has 6 nitrogen and oxygen atoms in total. The fraction of sp³-hybridized carbons (Fsp3) is 0.222. The number of rotatable bonds is 10. The largest absolute Gasteiger partial charge is 0.494 e. The molecule has 198 valence electrons. The number of aromatic nitrogens is 1. The Morgan fingerprint density at radius 1 is 1.03 bits per heavy atom. The lowest BCUT2D eigenvalue weighted by molar-refractivity contribution is -0.137. The van der Waals surface area contributed by atoms with Crippen molar-refractivity contribution in [1.29, 1.82) is 0 Å². The van der Waals surface area contributed by atoms with Crippen LogP contribution in [-0.2, 0) is 11.0 Å². The first-order valence-electron chi connectivity index (χ1n) is 11.8. The summed E-state index contributed by atoms with van der Waals surface area (Å²) in [7, 11) is 0. The third-order valence-electron chi connectivity index (χ3n) is 5.34. The number of carbonyl (C=O) groups excluding carboxylic acids is 2. The van der Waals surface area contributed by atoms with Crippen molar-refractivity contribution in [2.24, 2.45) is 0 Å². The van der Waals surface area contributed by atoms with Gasteiger partial charge >= 0.3 is 6.18 Å². The van der Waals surface area contributed by atoms with E-state index in [1.54, 1.807) is 42.5 Å². The second-order valence-electron chi connectivity index (χ2n) is 8.22. The molecule has 4 rings (SSSR count). The van der Waals surface area contributed by atoms with Crippen LogP contribution in [0.3, 0.4) is 0 Å². The molecule has 1 aromatic heterocycles. The van der Waals surface area contributed by atoms with E-state index in [1.165, 1.54) is 29.5 Å². The van der Waals surface area contributed by atoms with Gasteiger partial charge in [0, 0.05) is 11.3 Å². The molecular formula is C27H24F3N3O3S2. The maximum Gasteiger partial charge on any atom is 0.418 e. The topological polar surface area (TPSA) is 80.3 Å². The minimum Gasteiger partial charge on any atom is -0.494 e. The summed E-state index contributed by atoms with van der Waals surface area (Å²) < 4.78 is 46.5. The van der Waals surface area contributed by atoms with Crippen molar-refractivity contribution in [3.63, 3.8) is 0 Å². The molecule has 3 aromatic carbocycles. The molecule has 0 unspecified atom stereocenters. The number of thioether (sulfide) groups is 1. The number of fused-ring (bicyclic) bond motifs is 1. The van der Waals surface area contributed by atoms with Crippen LogP contribution in [0, 0.1) is 0 Å². The number of nitrogens with zero attached hydrogens (tertiary/aromatic N) is 1. The van der Waals surface area contributed by atoms with Gasteiger partial charge in [0.15, 0.2) is 4.34 Å². The highest BCUT2D eigenvalue weighted by molar-refractivity contribution is 8.01. The molecule has 2 N–H and O–H groups in total. The standard InChI is InChI=1S/C27H24F3N3O3S2/c1-2-3-14-36-19-11-8-17(9-12-19)25(35)31-18-10-13-22-23(15-18)38-26(33-22)37-16-24(34)32-21-7-5-4-6-20(21)27(28,29)30/h4-13,15H,2-3,14,16H2,1H3,(H,31,35)(H,32,34). The molecule has 0 radical (unpaired) electrons. The quantitative estimate of drug-likeness (QED) is 0.156. The zero-order valence-electron chi connectivity index (χ0n) is 20.3. The number of hydrogen-bond acceptors (Lipinski definition) is 6. The Labute approximate surface area is 225 Å². The van der Waals surface area contributed by atoms with E-state index >= 15 is 0 Å². The van der Waals surface area contributed by atoms with Crippen LogP contribution in [0.1, 0.15) is 35.7 Å². The van der Waals surface area contributed by atoms with Crippen LogP contribution < -0.4 is 15.4 Å². The van der Waals surface area contributed by atoms with Gasteiger partial charge in [-0.15, -0.1) is 11.3 Å². The van der Waals surface area contributed by atoms with Crippen LogP contribution >= 0.6 is 23.1 Å². The molecule has 11 heteroatoms. The number of ether oxygens (including phenoxy) is 1. The maximum atomic E-state index is 13.1. The van der Waals surface area contributed by atoms with Crippen LogP contribution in [-0.4, -0.2) is 29.2 Å². The number of para-hydroxylation sites is 1. The van der Waals surface area contributed by atoms with Gasteiger partial charge in [0.25, 0.3) is 5.91 Å². The first kappa shape index (κ1) is 27.5. The highest BCUT2D eigenvalue weighted by atomic mass is 32.2. The Balaban J connectivity index is 1.34. The number of alkyl halides is 3. The molecular weight excluding hydrogens is 535 g/mol. The van der Waals surface area contributed by atoms with Gasteiger partial charge in [-0.1, -0.05) is 37.2 Å². The van der Waals surface area contributed by atoms with Gasteiger partial charge in [0.2, 0.25) is 5.91 Å². The molecule has 0 atom stereocenters. The molecule has 1 heterocycles. The van der Waals surface area contributed by atoms with Crippen molar-refractivity contribution in [3.8, 4) is 5.75 Å². The molecule has 0 aliphatic heterocycles. The minimum atomic E-state index is -4.57. The van der Waals surface area contributed by atoms with Gasteiger partial charge in [-0.3, -0.25) is 9.59 Å². The third kappa shape index (κ3) is 7.26. The van der Waals surface area contributed by atoms with E-state index in [0.29, 0.717) is 33.5 Å². The predicted molar refractivity (Wildman–Crippen MR) is 145 cm³/mol. The van der Waals surface area contributed by atoms with Gasteiger partial charge in [-0.2, -0.15) is 13.2 Å². The average molecular weight is 560 g/mol. The van der Waals surface area contributed by atoms with Gasteiger partial charge in [0.1, 0.15) is 5.75 Å². The molecule has 38 heavy (non-hydrogen) atoms. The molecule has 0 bridgehead atoms.